The molecule has 1 aliphatic rings. The summed E-state index contributed by atoms with van der Waals surface area (Å²) in [6, 6.07) is 22.2. The second-order valence-electron chi connectivity index (χ2n) is 7.49. The Morgan fingerprint density at radius 2 is 1.82 bits per heavy atom. The molecule has 1 aliphatic heterocycles. The minimum absolute atomic E-state index is 0.254. The molecule has 0 fully saturated rings. The molecule has 0 saturated heterocycles. The second kappa shape index (κ2) is 9.93. The number of nitrogens with one attached hydrogen (secondary N) is 1. The Morgan fingerprint density at radius 3 is 2.65 bits per heavy atom. The van der Waals surface area contributed by atoms with Crippen LogP contribution in [-0.4, -0.2) is 28.5 Å². The van der Waals surface area contributed by atoms with Crippen molar-refractivity contribution in [3.05, 3.63) is 95.8 Å². The summed E-state index contributed by atoms with van der Waals surface area (Å²) in [6.07, 6.45) is 3.40. The number of methoxy groups -OCH3 is 1. The van der Waals surface area contributed by atoms with Gasteiger partial charge in [-0.2, -0.15) is 4.98 Å². The Hall–Kier alpha value is -3.91. The van der Waals surface area contributed by atoms with Gasteiger partial charge < -0.3 is 14.8 Å². The molecule has 0 saturated carbocycles. The van der Waals surface area contributed by atoms with E-state index in [2.05, 4.69) is 20.5 Å². The van der Waals surface area contributed by atoms with E-state index in [1.165, 1.54) is 17.8 Å². The van der Waals surface area contributed by atoms with Crippen molar-refractivity contribution in [2.75, 3.05) is 12.4 Å². The van der Waals surface area contributed by atoms with Crippen LogP contribution < -0.4 is 14.8 Å². The molecule has 170 valence electrons. The third-order valence-corrected chi connectivity index (χ3v) is 6.13. The van der Waals surface area contributed by atoms with Crippen molar-refractivity contribution >= 4 is 23.5 Å². The molecule has 1 N–H and O–H groups in total. The van der Waals surface area contributed by atoms with Crippen LogP contribution >= 0.6 is 11.8 Å². The number of halogens is 1. The van der Waals surface area contributed by atoms with Crippen LogP contribution in [0, 0.1) is 5.82 Å². The normalized spacial score (nSPS) is 14.5. The van der Waals surface area contributed by atoms with Gasteiger partial charge in [-0.25, -0.2) is 4.39 Å². The van der Waals surface area contributed by atoms with Crippen molar-refractivity contribution in [1.29, 1.82) is 0 Å². The van der Waals surface area contributed by atoms with Gasteiger partial charge in [0.1, 0.15) is 11.6 Å². The Balaban J connectivity index is 1.41. The van der Waals surface area contributed by atoms with Gasteiger partial charge >= 0.3 is 0 Å². The molecule has 6 nitrogen and oxygen atoms in total. The fourth-order valence-electron chi connectivity index (χ4n) is 3.49. The molecule has 8 heteroatoms. The number of anilines is 1. The van der Waals surface area contributed by atoms with Gasteiger partial charge in [-0.3, -0.25) is 0 Å². The first-order valence-corrected chi connectivity index (χ1v) is 11.6. The Labute approximate surface area is 200 Å². The Bertz CT molecular complexity index is 1330. The molecule has 0 unspecified atom stereocenters. The van der Waals surface area contributed by atoms with Crippen LogP contribution in [0.25, 0.3) is 17.3 Å². The van der Waals surface area contributed by atoms with Crippen LogP contribution in [0.4, 0.5) is 10.1 Å². The molecule has 34 heavy (non-hydrogen) atoms. The number of aromatic nitrogens is 3. The minimum atomic E-state index is -0.481. The van der Waals surface area contributed by atoms with E-state index in [1.54, 1.807) is 25.3 Å². The van der Waals surface area contributed by atoms with Gasteiger partial charge in [0.25, 0.3) is 0 Å². The number of para-hydroxylation sites is 1. The average molecular weight is 473 g/mol. The molecular formula is C26H21FN4O2S. The molecule has 4 aromatic rings. The van der Waals surface area contributed by atoms with Gasteiger partial charge in [-0.15, -0.1) is 10.2 Å². The molecule has 1 aromatic heterocycles. The number of thioether (sulfide) groups is 1. The van der Waals surface area contributed by atoms with E-state index < -0.39 is 6.23 Å². The predicted octanol–water partition coefficient (Wildman–Crippen LogP) is 5.82. The number of rotatable bonds is 6. The predicted molar refractivity (Wildman–Crippen MR) is 131 cm³/mol. The number of benzene rings is 3. The number of nitrogens with zero attached hydrogens (tertiary/aromatic N) is 3. The maximum atomic E-state index is 14.0. The van der Waals surface area contributed by atoms with Crippen LogP contribution in [0.3, 0.4) is 0 Å². The standard InChI is InChI=1S/C26H21FN4O2S/c1-32-19-13-10-17(11-14-19)12-15-23-28-22-9-5-3-7-20(22)24-25(33-23)29-26(31-30-24)34-16-18-6-2-4-8-21(18)27/h2-15,23,28H,16H2,1H3/b15-12+/t23-/m1/s1. The Kier molecular flexibility index (Phi) is 6.40. The molecule has 5 rings (SSSR count). The highest BCUT2D eigenvalue weighted by atomic mass is 32.2. The van der Waals surface area contributed by atoms with E-state index in [4.69, 9.17) is 9.47 Å². The Morgan fingerprint density at radius 1 is 1.03 bits per heavy atom. The topological polar surface area (TPSA) is 69.2 Å². The lowest BCUT2D eigenvalue weighted by Gasteiger charge is -2.15. The smallest absolute Gasteiger partial charge is 0.247 e. The zero-order valence-corrected chi connectivity index (χ0v) is 19.1. The first kappa shape index (κ1) is 21.9. The lowest BCUT2D eigenvalue weighted by molar-refractivity contribution is 0.266. The molecule has 2 heterocycles. The van der Waals surface area contributed by atoms with E-state index in [0.717, 1.165) is 22.6 Å². The van der Waals surface area contributed by atoms with Gasteiger partial charge in [0.05, 0.1) is 7.11 Å². The van der Waals surface area contributed by atoms with Crippen molar-refractivity contribution in [2.45, 2.75) is 17.1 Å². The average Bonchev–Trinajstić information content (AvgIpc) is 3.03. The number of ether oxygens (including phenoxy) is 2. The number of fused-ring (bicyclic) bond motifs is 3. The van der Waals surface area contributed by atoms with Crippen molar-refractivity contribution in [3.63, 3.8) is 0 Å². The first-order valence-electron chi connectivity index (χ1n) is 10.7. The SMILES string of the molecule is COc1ccc(/C=C/[C@@H]2Nc3ccccc3-c3nnc(SCc4ccccc4F)nc3O2)cc1. The van der Waals surface area contributed by atoms with Crippen molar-refractivity contribution in [1.82, 2.24) is 15.2 Å². The van der Waals surface area contributed by atoms with Crippen LogP contribution in [-0.2, 0) is 5.75 Å². The molecule has 0 amide bonds. The fourth-order valence-corrected chi connectivity index (χ4v) is 4.25. The van der Waals surface area contributed by atoms with E-state index in [9.17, 15) is 4.39 Å². The van der Waals surface area contributed by atoms with Gasteiger partial charge in [0, 0.05) is 17.0 Å². The second-order valence-corrected chi connectivity index (χ2v) is 8.43. The van der Waals surface area contributed by atoms with Crippen LogP contribution in [0.15, 0.2) is 84.0 Å². The number of hydrogen-bond acceptors (Lipinski definition) is 7. The van der Waals surface area contributed by atoms with Crippen LogP contribution in [0.1, 0.15) is 11.1 Å². The zero-order chi connectivity index (χ0) is 23.3. The lowest BCUT2D eigenvalue weighted by atomic mass is 10.1. The van der Waals surface area contributed by atoms with Crippen molar-refractivity contribution in [3.8, 4) is 22.9 Å². The fraction of sp³-hybridized carbons (Fsp3) is 0.115. The van der Waals surface area contributed by atoms with E-state index in [0.29, 0.717) is 28.0 Å². The monoisotopic (exact) mass is 472 g/mol. The van der Waals surface area contributed by atoms with Crippen molar-refractivity contribution < 1.29 is 13.9 Å². The molecule has 0 aliphatic carbocycles. The molecule has 1 atom stereocenters. The maximum absolute atomic E-state index is 14.0. The summed E-state index contributed by atoms with van der Waals surface area (Å²) in [5, 5.41) is 12.5. The lowest BCUT2D eigenvalue weighted by Crippen LogP contribution is -2.23. The third-order valence-electron chi connectivity index (χ3n) is 5.25. The molecule has 0 spiro atoms. The van der Waals surface area contributed by atoms with Crippen LogP contribution in [0.5, 0.6) is 11.6 Å². The largest absolute Gasteiger partial charge is 0.497 e. The maximum Gasteiger partial charge on any atom is 0.247 e. The molecule has 0 radical (unpaired) electrons. The highest BCUT2D eigenvalue weighted by Gasteiger charge is 2.23. The van der Waals surface area contributed by atoms with Gasteiger partial charge in [-0.1, -0.05) is 66.4 Å². The van der Waals surface area contributed by atoms with E-state index in [-0.39, 0.29) is 5.82 Å². The summed E-state index contributed by atoms with van der Waals surface area (Å²) in [4.78, 5) is 4.60. The quantitative estimate of drug-likeness (QED) is 0.355. The molecule has 3 aromatic carbocycles. The summed E-state index contributed by atoms with van der Waals surface area (Å²) < 4.78 is 25.4. The summed E-state index contributed by atoms with van der Waals surface area (Å²) in [6.45, 7) is 0. The minimum Gasteiger partial charge on any atom is -0.497 e. The number of hydrogen-bond donors (Lipinski definition) is 1. The van der Waals surface area contributed by atoms with Gasteiger partial charge in [0.15, 0.2) is 11.9 Å². The summed E-state index contributed by atoms with van der Waals surface area (Å²) >= 11 is 1.31. The molecule has 0 bridgehead atoms. The first-order chi connectivity index (χ1) is 16.7. The van der Waals surface area contributed by atoms with E-state index >= 15 is 0 Å². The van der Waals surface area contributed by atoms with Crippen molar-refractivity contribution in [2.24, 2.45) is 0 Å². The highest BCUT2D eigenvalue weighted by Crippen LogP contribution is 2.36. The zero-order valence-electron chi connectivity index (χ0n) is 18.3. The van der Waals surface area contributed by atoms with Crippen LogP contribution in [0.2, 0.25) is 0 Å². The summed E-state index contributed by atoms with van der Waals surface area (Å²) in [7, 11) is 1.64. The van der Waals surface area contributed by atoms with Gasteiger partial charge in [0.2, 0.25) is 11.0 Å². The summed E-state index contributed by atoms with van der Waals surface area (Å²) in [5.74, 6) is 1.30. The third kappa shape index (κ3) is 4.87. The molecular weight excluding hydrogens is 451 g/mol. The van der Waals surface area contributed by atoms with E-state index in [1.807, 2.05) is 60.7 Å². The summed E-state index contributed by atoms with van der Waals surface area (Å²) in [5.41, 5.74) is 3.86. The van der Waals surface area contributed by atoms with Gasteiger partial charge in [-0.05, 0) is 41.5 Å². The highest BCUT2D eigenvalue weighted by molar-refractivity contribution is 7.98.